The fourth-order valence-corrected chi connectivity index (χ4v) is 4.31. The van der Waals surface area contributed by atoms with Crippen molar-refractivity contribution in [2.24, 2.45) is 0 Å². The highest BCUT2D eigenvalue weighted by molar-refractivity contribution is 9.10. The lowest BCUT2D eigenvalue weighted by atomic mass is 10.2. The van der Waals surface area contributed by atoms with Gasteiger partial charge in [-0.3, -0.25) is 4.79 Å². The molecule has 2 aromatic rings. The molecule has 0 aromatic heterocycles. The molecule has 0 heterocycles. The number of halogens is 2. The Morgan fingerprint density at radius 1 is 1.25 bits per heavy atom. The van der Waals surface area contributed by atoms with Gasteiger partial charge in [0.15, 0.2) is 0 Å². The van der Waals surface area contributed by atoms with Crippen molar-refractivity contribution in [3.8, 4) is 0 Å². The quantitative estimate of drug-likeness (QED) is 0.816. The molecule has 0 saturated heterocycles. The molecule has 0 aliphatic rings. The van der Waals surface area contributed by atoms with E-state index >= 15 is 0 Å². The topological polar surface area (TPSA) is 66.5 Å². The van der Waals surface area contributed by atoms with Gasteiger partial charge in [-0.25, -0.2) is 12.8 Å². The van der Waals surface area contributed by atoms with Gasteiger partial charge < -0.3 is 5.32 Å². The monoisotopic (exact) mass is 414 g/mol. The van der Waals surface area contributed by atoms with Gasteiger partial charge in [-0.05, 0) is 58.7 Å². The maximum atomic E-state index is 13.1. The van der Waals surface area contributed by atoms with E-state index in [4.69, 9.17) is 0 Å². The number of sulfonamides is 1. The first kappa shape index (κ1) is 18.6. The number of benzene rings is 2. The molecule has 0 saturated carbocycles. The van der Waals surface area contributed by atoms with E-state index in [1.165, 1.54) is 31.3 Å². The molecular weight excluding hydrogens is 399 g/mol. The third kappa shape index (κ3) is 4.40. The van der Waals surface area contributed by atoms with E-state index in [1.807, 2.05) is 6.92 Å². The number of likely N-dealkylation sites (N-methyl/N-ethyl adjacent to an activating group) is 1. The summed E-state index contributed by atoms with van der Waals surface area (Å²) in [7, 11) is -2.52. The van der Waals surface area contributed by atoms with Crippen LogP contribution in [0.5, 0.6) is 0 Å². The van der Waals surface area contributed by atoms with Gasteiger partial charge in [0.05, 0.1) is 11.4 Å². The van der Waals surface area contributed by atoms with Crippen LogP contribution in [0.15, 0.2) is 51.8 Å². The van der Waals surface area contributed by atoms with Crippen LogP contribution in [0.1, 0.15) is 5.56 Å². The first-order valence-electron chi connectivity index (χ1n) is 6.98. The molecule has 0 spiro atoms. The molecule has 5 nitrogen and oxygen atoms in total. The van der Waals surface area contributed by atoms with E-state index in [1.54, 1.807) is 12.1 Å². The molecule has 0 atom stereocenters. The maximum absolute atomic E-state index is 13.1. The van der Waals surface area contributed by atoms with Gasteiger partial charge in [-0.2, -0.15) is 4.31 Å². The highest BCUT2D eigenvalue weighted by Gasteiger charge is 2.25. The molecule has 2 aromatic carbocycles. The lowest BCUT2D eigenvalue weighted by Crippen LogP contribution is -2.35. The number of amides is 1. The lowest BCUT2D eigenvalue weighted by molar-refractivity contribution is -0.116. The van der Waals surface area contributed by atoms with Crippen molar-refractivity contribution in [3.63, 3.8) is 0 Å². The Hall–Kier alpha value is -1.77. The van der Waals surface area contributed by atoms with E-state index in [9.17, 15) is 17.6 Å². The molecule has 0 radical (unpaired) electrons. The lowest BCUT2D eigenvalue weighted by Gasteiger charge is -2.18. The number of nitrogens with one attached hydrogen (secondary N) is 1. The molecule has 0 fully saturated rings. The van der Waals surface area contributed by atoms with Gasteiger partial charge in [0, 0.05) is 17.2 Å². The van der Waals surface area contributed by atoms with Gasteiger partial charge in [0.2, 0.25) is 15.9 Å². The first-order valence-corrected chi connectivity index (χ1v) is 9.21. The molecule has 128 valence electrons. The molecule has 2 rings (SSSR count). The van der Waals surface area contributed by atoms with Gasteiger partial charge >= 0.3 is 0 Å². The van der Waals surface area contributed by atoms with Crippen molar-refractivity contribution in [2.75, 3.05) is 18.9 Å². The molecule has 1 N–H and O–H groups in total. The number of carbonyl (C=O) groups is 1. The summed E-state index contributed by atoms with van der Waals surface area (Å²) in [5.41, 5.74) is 1.18. The summed E-state index contributed by atoms with van der Waals surface area (Å²) in [6.45, 7) is 1.45. The summed E-state index contributed by atoms with van der Waals surface area (Å²) in [6, 6.07) is 10.2. The molecule has 8 heteroatoms. The standard InChI is InChI=1S/C16H16BrFN2O3S/c1-11-6-7-15(14(17)8-11)24(22,23)20(2)10-16(21)19-13-5-3-4-12(18)9-13/h3-9H,10H2,1-2H3,(H,19,21). The van der Waals surface area contributed by atoms with Crippen LogP contribution in [0, 0.1) is 12.7 Å². The van der Waals surface area contributed by atoms with Crippen LogP contribution in [-0.4, -0.2) is 32.2 Å². The Bertz CT molecular complexity index is 871. The Kier molecular flexibility index (Phi) is 5.74. The predicted octanol–water partition coefficient (Wildman–Crippen LogP) is 3.16. The minimum Gasteiger partial charge on any atom is -0.325 e. The zero-order valence-corrected chi connectivity index (χ0v) is 15.5. The molecule has 1 amide bonds. The Morgan fingerprint density at radius 3 is 2.58 bits per heavy atom. The summed E-state index contributed by atoms with van der Waals surface area (Å²) in [5, 5.41) is 2.46. The Labute approximate surface area is 148 Å². The van der Waals surface area contributed by atoms with Crippen LogP contribution in [0.4, 0.5) is 10.1 Å². The average Bonchev–Trinajstić information content (AvgIpc) is 2.46. The Morgan fingerprint density at radius 2 is 1.96 bits per heavy atom. The molecular formula is C16H16BrFN2O3S. The zero-order valence-electron chi connectivity index (χ0n) is 13.1. The van der Waals surface area contributed by atoms with Crippen molar-refractivity contribution in [1.29, 1.82) is 0 Å². The van der Waals surface area contributed by atoms with Crippen LogP contribution < -0.4 is 5.32 Å². The van der Waals surface area contributed by atoms with E-state index in [0.717, 1.165) is 15.9 Å². The van der Waals surface area contributed by atoms with Crippen molar-refractivity contribution >= 4 is 37.5 Å². The molecule has 0 aliphatic carbocycles. The highest BCUT2D eigenvalue weighted by Crippen LogP contribution is 2.25. The number of anilines is 1. The maximum Gasteiger partial charge on any atom is 0.244 e. The summed E-state index contributed by atoms with van der Waals surface area (Å²) in [5.74, 6) is -1.05. The predicted molar refractivity (Wildman–Crippen MR) is 93.7 cm³/mol. The number of hydrogen-bond acceptors (Lipinski definition) is 3. The minimum absolute atomic E-state index is 0.0779. The van der Waals surface area contributed by atoms with E-state index in [0.29, 0.717) is 4.47 Å². The van der Waals surface area contributed by atoms with Gasteiger partial charge in [-0.1, -0.05) is 12.1 Å². The normalized spacial score (nSPS) is 11.5. The number of aryl methyl sites for hydroxylation is 1. The Balaban J connectivity index is 2.12. The largest absolute Gasteiger partial charge is 0.325 e. The van der Waals surface area contributed by atoms with Crippen molar-refractivity contribution in [1.82, 2.24) is 4.31 Å². The van der Waals surface area contributed by atoms with E-state index in [-0.39, 0.29) is 17.1 Å². The fourth-order valence-electron chi connectivity index (χ4n) is 2.04. The van der Waals surface area contributed by atoms with Crippen LogP contribution in [0.25, 0.3) is 0 Å². The van der Waals surface area contributed by atoms with Gasteiger partial charge in [0.1, 0.15) is 5.82 Å². The van der Waals surface area contributed by atoms with Crippen LogP contribution in [0.3, 0.4) is 0 Å². The molecule has 0 bridgehead atoms. The molecule has 24 heavy (non-hydrogen) atoms. The van der Waals surface area contributed by atoms with Crippen molar-refractivity contribution < 1.29 is 17.6 Å². The highest BCUT2D eigenvalue weighted by atomic mass is 79.9. The second kappa shape index (κ2) is 7.42. The third-order valence-corrected chi connectivity index (χ3v) is 6.03. The molecule has 0 unspecified atom stereocenters. The van der Waals surface area contributed by atoms with Crippen molar-refractivity contribution in [2.45, 2.75) is 11.8 Å². The second-order valence-corrected chi connectivity index (χ2v) is 8.12. The smallest absolute Gasteiger partial charge is 0.244 e. The summed E-state index contributed by atoms with van der Waals surface area (Å²) in [4.78, 5) is 12.1. The zero-order chi connectivity index (χ0) is 17.9. The van der Waals surface area contributed by atoms with Crippen LogP contribution >= 0.6 is 15.9 Å². The summed E-state index contributed by atoms with van der Waals surface area (Å²) >= 11 is 3.23. The average molecular weight is 415 g/mol. The van der Waals surface area contributed by atoms with Crippen LogP contribution in [0.2, 0.25) is 0 Å². The number of hydrogen-bond donors (Lipinski definition) is 1. The third-order valence-electron chi connectivity index (χ3n) is 3.25. The van der Waals surface area contributed by atoms with Crippen molar-refractivity contribution in [3.05, 3.63) is 58.3 Å². The van der Waals surface area contributed by atoms with Gasteiger partial charge in [0.25, 0.3) is 0 Å². The first-order chi connectivity index (χ1) is 11.2. The number of rotatable bonds is 5. The van der Waals surface area contributed by atoms with E-state index < -0.39 is 21.7 Å². The summed E-state index contributed by atoms with van der Waals surface area (Å²) < 4.78 is 39.6. The number of carbonyl (C=O) groups excluding carboxylic acids is 1. The summed E-state index contributed by atoms with van der Waals surface area (Å²) in [6.07, 6.45) is 0. The second-order valence-electron chi connectivity index (χ2n) is 5.25. The van der Waals surface area contributed by atoms with E-state index in [2.05, 4.69) is 21.2 Å². The van der Waals surface area contributed by atoms with Gasteiger partial charge in [-0.15, -0.1) is 0 Å². The minimum atomic E-state index is -3.83. The molecule has 0 aliphatic heterocycles. The number of nitrogens with zero attached hydrogens (tertiary/aromatic N) is 1. The fraction of sp³-hybridized carbons (Fsp3) is 0.188. The van der Waals surface area contributed by atoms with Crippen LogP contribution in [-0.2, 0) is 14.8 Å². The SMILES string of the molecule is Cc1ccc(S(=O)(=O)N(C)CC(=O)Nc2cccc(F)c2)c(Br)c1.